The van der Waals surface area contributed by atoms with Crippen LogP contribution in [0.15, 0.2) is 66.9 Å². The van der Waals surface area contributed by atoms with Gasteiger partial charge in [0, 0.05) is 23.4 Å². The number of likely N-dealkylation sites (N-methyl/N-ethyl adjacent to an activating group) is 1. The Kier molecular flexibility index (Phi) is 8.01. The number of methoxy groups -OCH3 is 1. The summed E-state index contributed by atoms with van der Waals surface area (Å²) in [6, 6.07) is 17.7. The first-order chi connectivity index (χ1) is 15.2. The van der Waals surface area contributed by atoms with Gasteiger partial charge in [0.1, 0.15) is 11.4 Å². The van der Waals surface area contributed by atoms with E-state index in [0.29, 0.717) is 6.54 Å². The van der Waals surface area contributed by atoms with E-state index in [2.05, 4.69) is 19.2 Å². The zero-order valence-corrected chi connectivity index (χ0v) is 18.5. The summed E-state index contributed by atoms with van der Waals surface area (Å²) in [4.78, 5) is 13.8. The fourth-order valence-electron chi connectivity index (χ4n) is 3.46. The molecule has 1 heterocycles. The second kappa shape index (κ2) is 11.1. The highest BCUT2D eigenvalue weighted by molar-refractivity contribution is 5.93. The van der Waals surface area contributed by atoms with E-state index in [1.165, 1.54) is 4.90 Å². The SMILES string of the molecule is CC[NH+](CC)CCNC(=O)/C=C/c1cn(-c2ccccc2)nc1-c1ccccc1OC. The van der Waals surface area contributed by atoms with Gasteiger partial charge in [-0.05, 0) is 44.2 Å². The first-order valence-corrected chi connectivity index (χ1v) is 10.7. The minimum Gasteiger partial charge on any atom is -0.496 e. The average Bonchev–Trinajstić information content (AvgIpc) is 3.25. The first-order valence-electron chi connectivity index (χ1n) is 10.7. The Hall–Kier alpha value is -3.38. The van der Waals surface area contributed by atoms with E-state index in [0.717, 1.165) is 47.9 Å². The minimum atomic E-state index is -0.106. The van der Waals surface area contributed by atoms with Gasteiger partial charge < -0.3 is 15.0 Å². The van der Waals surface area contributed by atoms with Crippen molar-refractivity contribution in [2.24, 2.45) is 0 Å². The number of nitrogens with one attached hydrogen (secondary N) is 2. The number of aromatic nitrogens is 2. The van der Waals surface area contributed by atoms with E-state index < -0.39 is 0 Å². The highest BCUT2D eigenvalue weighted by Crippen LogP contribution is 2.32. The topological polar surface area (TPSA) is 60.6 Å². The van der Waals surface area contributed by atoms with Crippen LogP contribution in [-0.2, 0) is 4.79 Å². The maximum absolute atomic E-state index is 12.4. The van der Waals surface area contributed by atoms with Gasteiger partial charge in [0.25, 0.3) is 0 Å². The van der Waals surface area contributed by atoms with Gasteiger partial charge in [-0.2, -0.15) is 5.10 Å². The number of amides is 1. The molecule has 0 saturated carbocycles. The van der Waals surface area contributed by atoms with Gasteiger partial charge >= 0.3 is 0 Å². The summed E-state index contributed by atoms with van der Waals surface area (Å²) in [6.07, 6.45) is 5.32. The molecule has 1 aromatic heterocycles. The molecule has 2 N–H and O–H groups in total. The molecule has 0 aliphatic rings. The van der Waals surface area contributed by atoms with Crippen LogP contribution in [-0.4, -0.2) is 49.0 Å². The maximum atomic E-state index is 12.4. The number of hydrogen-bond donors (Lipinski definition) is 2. The van der Waals surface area contributed by atoms with Crippen LogP contribution in [0.3, 0.4) is 0 Å². The van der Waals surface area contributed by atoms with Gasteiger partial charge in [0.15, 0.2) is 0 Å². The average molecular weight is 420 g/mol. The number of benzene rings is 2. The first kappa shape index (κ1) is 22.3. The van der Waals surface area contributed by atoms with Crippen LogP contribution in [0, 0.1) is 0 Å². The summed E-state index contributed by atoms with van der Waals surface area (Å²) < 4.78 is 7.36. The van der Waals surface area contributed by atoms with Crippen molar-refractivity contribution >= 4 is 12.0 Å². The van der Waals surface area contributed by atoms with E-state index in [1.54, 1.807) is 13.2 Å². The largest absolute Gasteiger partial charge is 0.496 e. The molecule has 0 atom stereocenters. The molecule has 0 bridgehead atoms. The number of hydrogen-bond acceptors (Lipinski definition) is 3. The van der Waals surface area contributed by atoms with E-state index in [9.17, 15) is 4.79 Å². The normalized spacial score (nSPS) is 11.2. The third-order valence-electron chi connectivity index (χ3n) is 5.32. The van der Waals surface area contributed by atoms with Crippen molar-refractivity contribution in [3.63, 3.8) is 0 Å². The monoisotopic (exact) mass is 419 g/mol. The van der Waals surface area contributed by atoms with Crippen LogP contribution in [0.2, 0.25) is 0 Å². The summed E-state index contributed by atoms with van der Waals surface area (Å²) in [5, 5.41) is 7.77. The third kappa shape index (κ3) is 5.83. The Bertz CT molecular complexity index is 1010. The molecule has 6 nitrogen and oxygen atoms in total. The van der Waals surface area contributed by atoms with E-state index in [-0.39, 0.29) is 5.91 Å². The molecular formula is C25H31N4O2+. The Morgan fingerprint density at radius 1 is 1.10 bits per heavy atom. The van der Waals surface area contributed by atoms with Crippen LogP contribution in [0.5, 0.6) is 5.75 Å². The molecule has 0 aliphatic heterocycles. The van der Waals surface area contributed by atoms with Gasteiger partial charge in [0.2, 0.25) is 5.91 Å². The number of nitrogens with zero attached hydrogens (tertiary/aromatic N) is 2. The minimum absolute atomic E-state index is 0.106. The molecule has 2 aromatic carbocycles. The Balaban J connectivity index is 1.85. The van der Waals surface area contributed by atoms with Crippen LogP contribution in [0.4, 0.5) is 0 Å². The van der Waals surface area contributed by atoms with Crippen molar-refractivity contribution in [1.29, 1.82) is 0 Å². The van der Waals surface area contributed by atoms with Crippen LogP contribution in [0.1, 0.15) is 19.4 Å². The molecule has 3 aromatic rings. The second-order valence-electron chi connectivity index (χ2n) is 7.24. The molecular weight excluding hydrogens is 388 g/mol. The summed E-state index contributed by atoms with van der Waals surface area (Å²) >= 11 is 0. The van der Waals surface area contributed by atoms with Gasteiger partial charge in [-0.3, -0.25) is 4.79 Å². The molecule has 31 heavy (non-hydrogen) atoms. The fourth-order valence-corrected chi connectivity index (χ4v) is 3.46. The summed E-state index contributed by atoms with van der Waals surface area (Å²) in [7, 11) is 1.65. The summed E-state index contributed by atoms with van der Waals surface area (Å²) in [5.74, 6) is 0.632. The molecule has 3 rings (SSSR count). The predicted octanol–water partition coefficient (Wildman–Crippen LogP) is 2.60. The van der Waals surface area contributed by atoms with Crippen molar-refractivity contribution < 1.29 is 14.4 Å². The Morgan fingerprint density at radius 2 is 1.81 bits per heavy atom. The summed E-state index contributed by atoms with van der Waals surface area (Å²) in [5.41, 5.74) is 3.44. The standard InChI is InChI=1S/C25H30N4O2/c1-4-28(5-2)18-17-26-24(30)16-15-20-19-29(21-11-7-6-8-12-21)27-25(20)22-13-9-10-14-23(22)31-3/h6-16,19H,4-5,17-18H2,1-3H3,(H,26,30)/p+1/b16-15+. The van der Waals surface area contributed by atoms with Crippen molar-refractivity contribution in [3.05, 3.63) is 72.4 Å². The number of carbonyl (C=O) groups is 1. The van der Waals surface area contributed by atoms with Gasteiger partial charge in [-0.15, -0.1) is 0 Å². The molecule has 0 unspecified atom stereocenters. The smallest absolute Gasteiger partial charge is 0.244 e. The Morgan fingerprint density at radius 3 is 2.52 bits per heavy atom. The van der Waals surface area contributed by atoms with E-state index in [1.807, 2.05) is 71.6 Å². The zero-order valence-electron chi connectivity index (χ0n) is 18.5. The maximum Gasteiger partial charge on any atom is 0.244 e. The van der Waals surface area contributed by atoms with E-state index >= 15 is 0 Å². The molecule has 1 amide bonds. The van der Waals surface area contributed by atoms with E-state index in [4.69, 9.17) is 9.84 Å². The lowest BCUT2D eigenvalue weighted by molar-refractivity contribution is -0.895. The second-order valence-corrected chi connectivity index (χ2v) is 7.24. The lowest BCUT2D eigenvalue weighted by atomic mass is 10.1. The Labute approximate surface area is 184 Å². The molecule has 0 spiro atoms. The molecule has 0 aliphatic carbocycles. The molecule has 0 saturated heterocycles. The quantitative estimate of drug-likeness (QED) is 0.497. The fraction of sp³-hybridized carbons (Fsp3) is 0.280. The number of para-hydroxylation sites is 2. The number of rotatable bonds is 10. The van der Waals surface area contributed by atoms with Crippen LogP contribution >= 0.6 is 0 Å². The number of quaternary nitrogens is 1. The number of carbonyl (C=O) groups excluding carboxylic acids is 1. The van der Waals surface area contributed by atoms with Crippen molar-refractivity contribution in [3.8, 4) is 22.7 Å². The third-order valence-corrected chi connectivity index (χ3v) is 5.32. The van der Waals surface area contributed by atoms with Crippen molar-refractivity contribution in [2.45, 2.75) is 13.8 Å². The lowest BCUT2D eigenvalue weighted by Gasteiger charge is -2.14. The number of ether oxygens (including phenoxy) is 1. The van der Waals surface area contributed by atoms with Crippen molar-refractivity contribution in [2.75, 3.05) is 33.3 Å². The molecule has 0 fully saturated rings. The molecule has 0 radical (unpaired) electrons. The van der Waals surface area contributed by atoms with Crippen molar-refractivity contribution in [1.82, 2.24) is 15.1 Å². The highest BCUT2D eigenvalue weighted by atomic mass is 16.5. The van der Waals surface area contributed by atoms with Gasteiger partial charge in [0.05, 0.1) is 39.0 Å². The predicted molar refractivity (Wildman–Crippen MR) is 125 cm³/mol. The van der Waals surface area contributed by atoms with Crippen LogP contribution < -0.4 is 15.0 Å². The van der Waals surface area contributed by atoms with Crippen LogP contribution in [0.25, 0.3) is 23.0 Å². The highest BCUT2D eigenvalue weighted by Gasteiger charge is 2.14. The van der Waals surface area contributed by atoms with Gasteiger partial charge in [-0.25, -0.2) is 4.68 Å². The van der Waals surface area contributed by atoms with Gasteiger partial charge in [-0.1, -0.05) is 30.3 Å². The lowest BCUT2D eigenvalue weighted by Crippen LogP contribution is -3.12. The molecule has 6 heteroatoms. The summed E-state index contributed by atoms with van der Waals surface area (Å²) in [6.45, 7) is 8.01. The zero-order chi connectivity index (χ0) is 22.1. The molecule has 162 valence electrons.